The number of hydrogen-bond donors (Lipinski definition) is 1. The summed E-state index contributed by atoms with van der Waals surface area (Å²) < 4.78 is 0. The van der Waals surface area contributed by atoms with E-state index < -0.39 is 0 Å². The highest BCUT2D eigenvalue weighted by atomic mass is 32.1. The zero-order valence-corrected chi connectivity index (χ0v) is 14.0. The lowest BCUT2D eigenvalue weighted by atomic mass is 10.3. The number of thiophene rings is 1. The summed E-state index contributed by atoms with van der Waals surface area (Å²) in [6.07, 6.45) is 0. The summed E-state index contributed by atoms with van der Waals surface area (Å²) in [5.74, 6) is 0. The van der Waals surface area contributed by atoms with Crippen molar-refractivity contribution >= 4 is 11.3 Å². The molecule has 0 radical (unpaired) electrons. The maximum absolute atomic E-state index is 4.58. The van der Waals surface area contributed by atoms with Crippen molar-refractivity contribution in [2.75, 3.05) is 19.6 Å². The molecule has 2 heterocycles. The molecular weight excluding hydrogens is 278 g/mol. The average molecular weight is 303 g/mol. The average Bonchev–Trinajstić information content (AvgIpc) is 2.88. The van der Waals surface area contributed by atoms with Crippen molar-refractivity contribution in [2.45, 2.75) is 33.9 Å². The van der Waals surface area contributed by atoms with Crippen LogP contribution in [-0.2, 0) is 13.1 Å². The standard InChI is InChI=1S/C17H25N3S/c1-4-20(13-16-7-5-6-14(2)19-16)11-10-18-12-17-9-8-15(3)21-17/h5-9,18H,4,10-13H2,1-3H3. The van der Waals surface area contributed by atoms with Crippen LogP contribution in [0.1, 0.15) is 28.1 Å². The Kier molecular flexibility index (Phi) is 6.36. The SMILES string of the molecule is CCN(CCNCc1ccc(C)s1)Cc1cccc(C)n1. The smallest absolute Gasteiger partial charge is 0.0547 e. The molecule has 0 aliphatic heterocycles. The Balaban J connectivity index is 1.72. The summed E-state index contributed by atoms with van der Waals surface area (Å²) in [6.45, 7) is 11.4. The van der Waals surface area contributed by atoms with Crippen LogP contribution in [0.4, 0.5) is 0 Å². The van der Waals surface area contributed by atoms with Gasteiger partial charge in [-0.1, -0.05) is 13.0 Å². The number of aromatic nitrogens is 1. The van der Waals surface area contributed by atoms with Gasteiger partial charge in [-0.15, -0.1) is 11.3 Å². The van der Waals surface area contributed by atoms with Crippen molar-refractivity contribution < 1.29 is 0 Å². The highest BCUT2D eigenvalue weighted by Gasteiger charge is 2.05. The third-order valence-electron chi connectivity index (χ3n) is 3.48. The lowest BCUT2D eigenvalue weighted by Gasteiger charge is -2.20. The molecule has 0 saturated heterocycles. The molecule has 3 nitrogen and oxygen atoms in total. The van der Waals surface area contributed by atoms with Crippen LogP contribution in [-0.4, -0.2) is 29.5 Å². The van der Waals surface area contributed by atoms with Gasteiger partial charge in [-0.05, 0) is 44.7 Å². The molecule has 0 aromatic carbocycles. The molecule has 0 aliphatic carbocycles. The lowest BCUT2D eigenvalue weighted by Crippen LogP contribution is -2.31. The van der Waals surface area contributed by atoms with Gasteiger partial charge < -0.3 is 5.32 Å². The van der Waals surface area contributed by atoms with Crippen LogP contribution in [0.2, 0.25) is 0 Å². The van der Waals surface area contributed by atoms with Gasteiger partial charge in [0.1, 0.15) is 0 Å². The lowest BCUT2D eigenvalue weighted by molar-refractivity contribution is 0.275. The normalized spacial score (nSPS) is 11.2. The van der Waals surface area contributed by atoms with Crippen LogP contribution in [0.25, 0.3) is 0 Å². The van der Waals surface area contributed by atoms with Crippen LogP contribution in [0.15, 0.2) is 30.3 Å². The molecular formula is C17H25N3S. The Morgan fingerprint density at radius 1 is 1.19 bits per heavy atom. The van der Waals surface area contributed by atoms with Gasteiger partial charge >= 0.3 is 0 Å². The highest BCUT2D eigenvalue weighted by molar-refractivity contribution is 7.11. The molecule has 0 aliphatic rings. The van der Waals surface area contributed by atoms with E-state index in [2.05, 4.69) is 53.3 Å². The van der Waals surface area contributed by atoms with Gasteiger partial charge in [0, 0.05) is 41.6 Å². The molecule has 0 atom stereocenters. The van der Waals surface area contributed by atoms with Crippen molar-refractivity contribution in [1.29, 1.82) is 0 Å². The van der Waals surface area contributed by atoms with E-state index >= 15 is 0 Å². The Bertz CT molecular complexity index is 550. The van der Waals surface area contributed by atoms with Crippen molar-refractivity contribution in [3.05, 3.63) is 51.5 Å². The van der Waals surface area contributed by atoms with E-state index in [1.165, 1.54) is 9.75 Å². The molecule has 0 bridgehead atoms. The summed E-state index contributed by atoms with van der Waals surface area (Å²) in [4.78, 5) is 9.80. The van der Waals surface area contributed by atoms with Crippen LogP contribution < -0.4 is 5.32 Å². The third kappa shape index (κ3) is 5.58. The summed E-state index contributed by atoms with van der Waals surface area (Å²) in [5.41, 5.74) is 2.25. The van der Waals surface area contributed by atoms with Crippen LogP contribution in [0.5, 0.6) is 0 Å². The van der Waals surface area contributed by atoms with E-state index in [-0.39, 0.29) is 0 Å². The number of rotatable bonds is 8. The Morgan fingerprint density at radius 3 is 2.71 bits per heavy atom. The van der Waals surface area contributed by atoms with E-state index in [1.54, 1.807) is 0 Å². The minimum Gasteiger partial charge on any atom is -0.311 e. The zero-order valence-electron chi connectivity index (χ0n) is 13.2. The minimum absolute atomic E-state index is 0.929. The molecule has 0 saturated carbocycles. The Hall–Kier alpha value is -1.23. The first-order valence-corrected chi connectivity index (χ1v) is 8.40. The second-order valence-electron chi connectivity index (χ2n) is 5.33. The predicted molar refractivity (Wildman–Crippen MR) is 90.7 cm³/mol. The van der Waals surface area contributed by atoms with Crippen molar-refractivity contribution in [3.63, 3.8) is 0 Å². The first kappa shape index (κ1) is 16.1. The fourth-order valence-corrected chi connectivity index (χ4v) is 3.15. The van der Waals surface area contributed by atoms with Crippen LogP contribution >= 0.6 is 11.3 Å². The monoisotopic (exact) mass is 303 g/mol. The maximum atomic E-state index is 4.58. The molecule has 4 heteroatoms. The van der Waals surface area contributed by atoms with E-state index in [1.807, 2.05) is 24.3 Å². The van der Waals surface area contributed by atoms with Gasteiger partial charge in [0.15, 0.2) is 0 Å². The number of hydrogen-bond acceptors (Lipinski definition) is 4. The number of nitrogens with zero attached hydrogens (tertiary/aromatic N) is 2. The van der Waals surface area contributed by atoms with Gasteiger partial charge in [-0.2, -0.15) is 0 Å². The zero-order chi connectivity index (χ0) is 15.1. The van der Waals surface area contributed by atoms with Gasteiger partial charge in [-0.3, -0.25) is 9.88 Å². The van der Waals surface area contributed by atoms with Gasteiger partial charge in [0.05, 0.1) is 5.69 Å². The van der Waals surface area contributed by atoms with Crippen LogP contribution in [0.3, 0.4) is 0 Å². The molecule has 114 valence electrons. The number of nitrogens with one attached hydrogen (secondary N) is 1. The molecule has 2 aromatic heterocycles. The van der Waals surface area contributed by atoms with E-state index in [0.717, 1.165) is 44.1 Å². The molecule has 0 spiro atoms. The highest BCUT2D eigenvalue weighted by Crippen LogP contribution is 2.14. The summed E-state index contributed by atoms with van der Waals surface area (Å²) in [6, 6.07) is 10.6. The summed E-state index contributed by atoms with van der Waals surface area (Å²) in [7, 11) is 0. The maximum Gasteiger partial charge on any atom is 0.0547 e. The Morgan fingerprint density at radius 2 is 2.05 bits per heavy atom. The molecule has 0 amide bonds. The van der Waals surface area contributed by atoms with Gasteiger partial charge in [-0.25, -0.2) is 0 Å². The Labute approximate surface area is 132 Å². The first-order chi connectivity index (χ1) is 10.2. The molecule has 21 heavy (non-hydrogen) atoms. The third-order valence-corrected chi connectivity index (χ3v) is 4.48. The van der Waals surface area contributed by atoms with E-state index in [9.17, 15) is 0 Å². The second kappa shape index (κ2) is 8.27. The van der Waals surface area contributed by atoms with Crippen molar-refractivity contribution in [3.8, 4) is 0 Å². The van der Waals surface area contributed by atoms with Crippen molar-refractivity contribution in [1.82, 2.24) is 15.2 Å². The predicted octanol–water partition coefficient (Wildman–Crippen LogP) is 3.37. The number of pyridine rings is 1. The molecule has 0 unspecified atom stereocenters. The van der Waals surface area contributed by atoms with E-state index in [0.29, 0.717) is 0 Å². The second-order valence-corrected chi connectivity index (χ2v) is 6.70. The minimum atomic E-state index is 0.929. The number of aryl methyl sites for hydroxylation is 2. The first-order valence-electron chi connectivity index (χ1n) is 7.58. The summed E-state index contributed by atoms with van der Waals surface area (Å²) >= 11 is 1.87. The molecule has 1 N–H and O–H groups in total. The molecule has 0 fully saturated rings. The van der Waals surface area contributed by atoms with E-state index in [4.69, 9.17) is 0 Å². The largest absolute Gasteiger partial charge is 0.311 e. The fourth-order valence-electron chi connectivity index (χ4n) is 2.29. The topological polar surface area (TPSA) is 28.2 Å². The van der Waals surface area contributed by atoms with Crippen LogP contribution in [0, 0.1) is 13.8 Å². The van der Waals surface area contributed by atoms with Crippen molar-refractivity contribution in [2.24, 2.45) is 0 Å². The number of likely N-dealkylation sites (N-methyl/N-ethyl adjacent to an activating group) is 1. The fraction of sp³-hybridized carbons (Fsp3) is 0.471. The van der Waals surface area contributed by atoms with Gasteiger partial charge in [0.25, 0.3) is 0 Å². The molecule has 2 rings (SSSR count). The molecule has 2 aromatic rings. The van der Waals surface area contributed by atoms with Gasteiger partial charge in [0.2, 0.25) is 0 Å². The summed E-state index contributed by atoms with van der Waals surface area (Å²) in [5, 5.41) is 3.53. The quantitative estimate of drug-likeness (QED) is 0.758.